The minimum atomic E-state index is -0.00860. The summed E-state index contributed by atoms with van der Waals surface area (Å²) in [4.78, 5) is 22.1. The van der Waals surface area contributed by atoms with Crippen LogP contribution in [0.4, 0.5) is 0 Å². The van der Waals surface area contributed by atoms with Gasteiger partial charge in [0.2, 0.25) is 0 Å². The maximum atomic E-state index is 12.3. The van der Waals surface area contributed by atoms with Gasteiger partial charge in [-0.25, -0.2) is 9.97 Å². The number of hydrogen-bond donors (Lipinski definition) is 1. The lowest BCUT2D eigenvalue weighted by atomic mass is 10.0. The Morgan fingerprint density at radius 2 is 0.833 bits per heavy atom. The minimum Gasteiger partial charge on any atom is -0.382 e. The molecular weight excluding hydrogens is 1100 g/mol. The second-order valence-electron chi connectivity index (χ2n) is 14.6. The quantitative estimate of drug-likeness (QED) is 0.0676. The largest absolute Gasteiger partial charge is 0.382 e. The van der Waals surface area contributed by atoms with Crippen LogP contribution in [0.5, 0.6) is 0 Å². The molecule has 0 fully saturated rings. The fourth-order valence-corrected chi connectivity index (χ4v) is 9.40. The predicted molar refractivity (Wildman–Crippen MR) is 289 cm³/mol. The molecule has 0 aliphatic heterocycles. The summed E-state index contributed by atoms with van der Waals surface area (Å²) in [6.07, 6.45) is 3.43. The van der Waals surface area contributed by atoms with E-state index in [1.807, 2.05) is 140 Å². The van der Waals surface area contributed by atoms with Gasteiger partial charge in [0, 0.05) is 57.5 Å². The molecule has 324 valence electrons. The zero-order valence-electron chi connectivity index (χ0n) is 35.1. The number of rotatable bonds is 9. The van der Waals surface area contributed by atoms with Crippen LogP contribution >= 0.6 is 75.5 Å². The highest BCUT2D eigenvalue weighted by Gasteiger charge is 2.12. The molecule has 66 heavy (non-hydrogen) atoms. The Morgan fingerprint density at radius 3 is 1.32 bits per heavy atom. The molecule has 0 atom stereocenters. The van der Waals surface area contributed by atoms with E-state index in [2.05, 4.69) is 147 Å². The smallest absolute Gasteiger partial charge is 0.185 e. The molecule has 0 saturated heterocycles. The zero-order chi connectivity index (χ0) is 46.3. The average Bonchev–Trinajstić information content (AvgIpc) is 3.36. The Hall–Kier alpha value is -6.07. The maximum absolute atomic E-state index is 12.3. The van der Waals surface area contributed by atoms with Crippen molar-refractivity contribution < 1.29 is 4.79 Å². The number of amidine groups is 1. The zero-order valence-corrected chi connectivity index (χ0v) is 42.2. The third-order valence-corrected chi connectivity index (χ3v) is 12.0. The van der Waals surface area contributed by atoms with Gasteiger partial charge in [0.25, 0.3) is 0 Å². The van der Waals surface area contributed by atoms with E-state index >= 15 is 0 Å². The molecule has 0 amide bonds. The summed E-state index contributed by atoms with van der Waals surface area (Å²) < 4.78 is 7.25. The summed E-state index contributed by atoms with van der Waals surface area (Å²) in [5.74, 6) is 1.05. The van der Waals surface area contributed by atoms with Gasteiger partial charge in [-0.1, -0.05) is 240 Å². The second-order valence-corrected chi connectivity index (χ2v) is 18.4. The van der Waals surface area contributed by atoms with Crippen LogP contribution in [0.25, 0.3) is 62.2 Å². The van der Waals surface area contributed by atoms with E-state index in [4.69, 9.17) is 27.5 Å². The van der Waals surface area contributed by atoms with E-state index in [0.717, 1.165) is 68.2 Å². The Balaban J connectivity index is 0.000000167. The van der Waals surface area contributed by atoms with Gasteiger partial charge in [-0.15, -0.1) is 0 Å². The van der Waals surface area contributed by atoms with Gasteiger partial charge in [-0.3, -0.25) is 4.79 Å². The first-order valence-corrected chi connectivity index (χ1v) is 24.0. The molecule has 1 heterocycles. The molecular formula is C56H39Br4ClN4O. The SMILES string of the molecule is Brc1cc(Br)cc(-c2cc(-c3ccc(-c4ccccc4)cc3)nc(-c3ccccc3)n2)c1.NC(=NCl)c1ccccc1.O=C(/C=C/c1cc(Br)cc(Br)c1)c1ccc(-c2ccccc2)cc1. The van der Waals surface area contributed by atoms with Crippen molar-refractivity contribution in [3.63, 3.8) is 0 Å². The molecule has 1 aromatic heterocycles. The summed E-state index contributed by atoms with van der Waals surface area (Å²) in [6, 6.07) is 70.3. The topological polar surface area (TPSA) is 81.2 Å². The van der Waals surface area contributed by atoms with Crippen molar-refractivity contribution in [1.29, 1.82) is 0 Å². The van der Waals surface area contributed by atoms with E-state index in [9.17, 15) is 4.79 Å². The molecule has 0 bridgehead atoms. The van der Waals surface area contributed by atoms with Crippen LogP contribution in [0.2, 0.25) is 0 Å². The van der Waals surface area contributed by atoms with Crippen molar-refractivity contribution in [3.05, 3.63) is 253 Å². The van der Waals surface area contributed by atoms with Gasteiger partial charge < -0.3 is 5.73 Å². The number of carbonyl (C=O) groups is 1. The Morgan fingerprint density at radius 1 is 0.439 bits per heavy atom. The number of hydrogen-bond acceptors (Lipinski definition) is 4. The monoisotopic (exact) mass is 1130 g/mol. The third kappa shape index (κ3) is 13.7. The van der Waals surface area contributed by atoms with Crippen molar-refractivity contribution >= 4 is 93.2 Å². The number of nitrogens with two attached hydrogens (primary N) is 1. The van der Waals surface area contributed by atoms with Crippen molar-refractivity contribution in [3.8, 4) is 56.2 Å². The van der Waals surface area contributed by atoms with E-state index in [1.54, 1.807) is 6.08 Å². The number of benzene rings is 8. The average molecular weight is 1140 g/mol. The highest BCUT2D eigenvalue weighted by atomic mass is 79.9. The van der Waals surface area contributed by atoms with Gasteiger partial charge in [-0.05, 0) is 76.4 Å². The third-order valence-electron chi connectivity index (χ3n) is 9.95. The molecule has 9 aromatic rings. The summed E-state index contributed by atoms with van der Waals surface area (Å²) in [5, 5.41) is 0. The predicted octanol–water partition coefficient (Wildman–Crippen LogP) is 17.0. The number of ketones is 1. The first kappa shape index (κ1) is 47.9. The van der Waals surface area contributed by atoms with Crippen LogP contribution in [-0.4, -0.2) is 21.6 Å². The van der Waals surface area contributed by atoms with E-state index in [1.165, 1.54) is 11.1 Å². The van der Waals surface area contributed by atoms with Gasteiger partial charge in [0.15, 0.2) is 11.6 Å². The molecule has 5 nitrogen and oxygen atoms in total. The number of nitrogens with zero attached hydrogens (tertiary/aromatic N) is 3. The van der Waals surface area contributed by atoms with Crippen molar-refractivity contribution in [2.24, 2.45) is 10.2 Å². The molecule has 0 radical (unpaired) electrons. The maximum Gasteiger partial charge on any atom is 0.185 e. The number of halogens is 5. The molecule has 0 saturated carbocycles. The van der Waals surface area contributed by atoms with Crippen LogP contribution in [0.1, 0.15) is 21.5 Å². The van der Waals surface area contributed by atoms with E-state index < -0.39 is 0 Å². The van der Waals surface area contributed by atoms with Crippen LogP contribution in [0, 0.1) is 0 Å². The van der Waals surface area contributed by atoms with Gasteiger partial charge in [0.05, 0.1) is 11.4 Å². The molecule has 0 spiro atoms. The van der Waals surface area contributed by atoms with Crippen molar-refractivity contribution in [2.45, 2.75) is 0 Å². The summed E-state index contributed by atoms with van der Waals surface area (Å²) in [7, 11) is 0. The van der Waals surface area contributed by atoms with E-state index in [0.29, 0.717) is 17.2 Å². The lowest BCUT2D eigenvalue weighted by Crippen LogP contribution is -2.11. The van der Waals surface area contributed by atoms with E-state index in [-0.39, 0.29) is 5.78 Å². The normalized spacial score (nSPS) is 11.0. The number of allylic oxidation sites excluding steroid dienone is 1. The standard InChI is InChI=1S/C28H18Br2N2.C21H14Br2O.C7H7ClN2/c29-24-15-23(16-25(30)17-24)27-18-26(31-28(32-27)22-9-5-2-6-10-22)21-13-11-20(12-14-21)19-7-3-1-4-8-19;22-19-12-15(13-20(23)14-19)6-11-21(24)18-9-7-17(8-10-18)16-4-2-1-3-5-16;8-10-7(9)6-4-2-1-3-5-6/h1-18H;1-14H;1-5H,(H2,9,10)/b;11-6+;. The van der Waals surface area contributed by atoms with Crippen LogP contribution < -0.4 is 5.73 Å². The highest BCUT2D eigenvalue weighted by molar-refractivity contribution is 9.11. The van der Waals surface area contributed by atoms with Gasteiger partial charge in [-0.2, -0.15) is 4.51 Å². The molecule has 9 rings (SSSR count). The molecule has 10 heteroatoms. The molecule has 8 aromatic carbocycles. The first-order valence-electron chi connectivity index (χ1n) is 20.5. The van der Waals surface area contributed by atoms with Crippen LogP contribution in [-0.2, 0) is 0 Å². The molecule has 0 aliphatic rings. The second kappa shape index (κ2) is 23.9. The fraction of sp³-hybridized carbons (Fsp3) is 0. The number of aromatic nitrogens is 2. The lowest BCUT2D eigenvalue weighted by Gasteiger charge is -2.11. The molecule has 0 unspecified atom stereocenters. The van der Waals surface area contributed by atoms with Crippen LogP contribution in [0.15, 0.2) is 241 Å². The Bertz CT molecular complexity index is 3040. The lowest BCUT2D eigenvalue weighted by molar-refractivity contribution is 0.104. The summed E-state index contributed by atoms with van der Waals surface area (Å²) >= 11 is 19.2. The summed E-state index contributed by atoms with van der Waals surface area (Å²) in [5.41, 5.74) is 17.4. The Kier molecular flexibility index (Phi) is 17.4. The molecule has 0 aliphatic carbocycles. The van der Waals surface area contributed by atoms with Crippen LogP contribution in [0.3, 0.4) is 0 Å². The van der Waals surface area contributed by atoms with Crippen molar-refractivity contribution in [2.75, 3.05) is 0 Å². The minimum absolute atomic E-state index is 0.00860. The fourth-order valence-electron chi connectivity index (χ4n) is 6.68. The number of carbonyl (C=O) groups excluding carboxylic acids is 1. The van der Waals surface area contributed by atoms with Gasteiger partial charge >= 0.3 is 0 Å². The van der Waals surface area contributed by atoms with Crippen molar-refractivity contribution in [1.82, 2.24) is 9.97 Å². The Labute approximate surface area is 423 Å². The molecule has 2 N–H and O–H groups in total. The highest BCUT2D eigenvalue weighted by Crippen LogP contribution is 2.32. The summed E-state index contributed by atoms with van der Waals surface area (Å²) in [6.45, 7) is 0. The van der Waals surface area contributed by atoms with Gasteiger partial charge in [0.1, 0.15) is 5.84 Å². The first-order chi connectivity index (χ1) is 32.1.